The third kappa shape index (κ3) is 2.46. The number of thioether (sulfide) groups is 1. The topological polar surface area (TPSA) is 51.6 Å². The quantitative estimate of drug-likeness (QED) is 0.410. The van der Waals surface area contributed by atoms with E-state index in [4.69, 9.17) is 11.6 Å². The monoisotopic (exact) mass is 302 g/mol. The van der Waals surface area contributed by atoms with Crippen molar-refractivity contribution in [2.75, 3.05) is 6.26 Å². The first-order valence-electron chi connectivity index (χ1n) is 5.98. The Kier molecular flexibility index (Phi) is 3.54. The highest BCUT2D eigenvalue weighted by molar-refractivity contribution is 7.98. The summed E-state index contributed by atoms with van der Waals surface area (Å²) in [6.45, 7) is 1.93. The minimum atomic E-state index is 0.394. The molecule has 3 aromatic heterocycles. The highest BCUT2D eigenvalue weighted by atomic mass is 35.5. The molecule has 0 aliphatic carbocycles. The van der Waals surface area contributed by atoms with Crippen LogP contribution in [0, 0.1) is 6.92 Å². The van der Waals surface area contributed by atoms with Gasteiger partial charge in [0.05, 0.1) is 11.4 Å². The van der Waals surface area contributed by atoms with Crippen LogP contribution in [0.5, 0.6) is 0 Å². The summed E-state index contributed by atoms with van der Waals surface area (Å²) in [6.07, 6.45) is 3.66. The van der Waals surface area contributed by atoms with Crippen molar-refractivity contribution in [3.63, 3.8) is 0 Å². The molecular formula is C14H11ClN4S. The second-order valence-corrected chi connectivity index (χ2v) is 5.38. The maximum absolute atomic E-state index is 6.24. The number of halogens is 1. The smallest absolute Gasteiger partial charge is 0.187 e. The summed E-state index contributed by atoms with van der Waals surface area (Å²) in [6, 6.07) is 7.72. The Hall–Kier alpha value is -1.72. The summed E-state index contributed by atoms with van der Waals surface area (Å²) >= 11 is 7.73. The van der Waals surface area contributed by atoms with Gasteiger partial charge >= 0.3 is 0 Å². The number of hydrogen-bond acceptors (Lipinski definition) is 5. The molecule has 0 radical (unpaired) electrons. The molecule has 0 N–H and O–H groups in total. The molecule has 4 nitrogen and oxygen atoms in total. The van der Waals surface area contributed by atoms with Gasteiger partial charge in [-0.05, 0) is 31.4 Å². The summed E-state index contributed by atoms with van der Waals surface area (Å²) < 4.78 is 0. The number of aromatic nitrogens is 4. The zero-order valence-electron chi connectivity index (χ0n) is 11.0. The lowest BCUT2D eigenvalue weighted by Crippen LogP contribution is -1.94. The van der Waals surface area contributed by atoms with Gasteiger partial charge in [0.15, 0.2) is 10.3 Å². The molecule has 0 saturated heterocycles. The standard InChI is InChI=1S/C14H11ClN4S/c1-8-3-4-9-7-11(18-13(15)12(9)17-8)10-5-6-16-14(19-10)20-2/h3-7H,1-2H3. The zero-order chi connectivity index (χ0) is 14.1. The van der Waals surface area contributed by atoms with Crippen LogP contribution >= 0.6 is 23.4 Å². The zero-order valence-corrected chi connectivity index (χ0v) is 12.5. The number of rotatable bonds is 2. The third-order valence-electron chi connectivity index (χ3n) is 2.85. The molecule has 0 atom stereocenters. The van der Waals surface area contributed by atoms with Crippen molar-refractivity contribution in [2.45, 2.75) is 12.1 Å². The van der Waals surface area contributed by atoms with Gasteiger partial charge in [0.25, 0.3) is 0 Å². The molecule has 0 aliphatic heterocycles. The van der Waals surface area contributed by atoms with E-state index >= 15 is 0 Å². The number of hydrogen-bond donors (Lipinski definition) is 0. The van der Waals surface area contributed by atoms with Crippen LogP contribution in [0.2, 0.25) is 5.15 Å². The Morgan fingerprint density at radius 2 is 1.90 bits per heavy atom. The Morgan fingerprint density at radius 1 is 1.05 bits per heavy atom. The van der Waals surface area contributed by atoms with Gasteiger partial charge in [-0.2, -0.15) is 0 Å². The first kappa shape index (κ1) is 13.3. The number of aryl methyl sites for hydroxylation is 1. The number of fused-ring (bicyclic) bond motifs is 1. The molecule has 100 valence electrons. The fourth-order valence-corrected chi connectivity index (χ4v) is 2.50. The molecule has 0 spiro atoms. The molecule has 0 saturated carbocycles. The molecule has 20 heavy (non-hydrogen) atoms. The minimum absolute atomic E-state index is 0.394. The summed E-state index contributed by atoms with van der Waals surface area (Å²) in [5, 5.41) is 2.06. The van der Waals surface area contributed by atoms with E-state index in [0.29, 0.717) is 10.3 Å². The van der Waals surface area contributed by atoms with Crippen molar-refractivity contribution in [1.82, 2.24) is 19.9 Å². The van der Waals surface area contributed by atoms with Gasteiger partial charge in [0, 0.05) is 17.3 Å². The Labute approximate surface area is 125 Å². The predicted molar refractivity (Wildman–Crippen MR) is 82.1 cm³/mol. The van der Waals surface area contributed by atoms with Crippen molar-refractivity contribution in [2.24, 2.45) is 0 Å². The van der Waals surface area contributed by atoms with Crippen molar-refractivity contribution in [3.8, 4) is 11.4 Å². The lowest BCUT2D eigenvalue weighted by atomic mass is 10.2. The molecule has 0 fully saturated rings. The number of pyridine rings is 2. The van der Waals surface area contributed by atoms with E-state index in [2.05, 4.69) is 19.9 Å². The lowest BCUT2D eigenvalue weighted by molar-refractivity contribution is 0.971. The first-order chi connectivity index (χ1) is 9.67. The van der Waals surface area contributed by atoms with E-state index in [1.54, 1.807) is 6.20 Å². The van der Waals surface area contributed by atoms with Crippen molar-refractivity contribution >= 4 is 34.3 Å². The second kappa shape index (κ2) is 5.34. The molecule has 0 unspecified atom stereocenters. The van der Waals surface area contributed by atoms with Crippen LogP contribution in [0.1, 0.15) is 5.69 Å². The Balaban J connectivity index is 2.19. The van der Waals surface area contributed by atoms with Crippen molar-refractivity contribution in [1.29, 1.82) is 0 Å². The van der Waals surface area contributed by atoms with Crippen molar-refractivity contribution in [3.05, 3.63) is 41.3 Å². The SMILES string of the molecule is CSc1nccc(-c2cc3ccc(C)nc3c(Cl)n2)n1. The van der Waals surface area contributed by atoms with Crippen LogP contribution in [-0.4, -0.2) is 26.2 Å². The van der Waals surface area contributed by atoms with Gasteiger partial charge in [-0.3, -0.25) is 0 Å². The van der Waals surface area contributed by atoms with Gasteiger partial charge in [0.2, 0.25) is 0 Å². The summed E-state index contributed by atoms with van der Waals surface area (Å²) in [7, 11) is 0. The largest absolute Gasteiger partial charge is 0.250 e. The maximum Gasteiger partial charge on any atom is 0.187 e. The second-order valence-electron chi connectivity index (χ2n) is 4.25. The summed E-state index contributed by atoms with van der Waals surface area (Å²) in [5.74, 6) is 0. The maximum atomic E-state index is 6.24. The highest BCUT2D eigenvalue weighted by Crippen LogP contribution is 2.26. The van der Waals surface area contributed by atoms with E-state index in [-0.39, 0.29) is 0 Å². The molecule has 0 aromatic carbocycles. The molecule has 0 amide bonds. The molecule has 0 aliphatic rings. The molecule has 3 heterocycles. The molecule has 3 rings (SSSR count). The van der Waals surface area contributed by atoms with Crippen molar-refractivity contribution < 1.29 is 0 Å². The van der Waals surface area contributed by atoms with Crippen LogP contribution in [-0.2, 0) is 0 Å². The van der Waals surface area contributed by atoms with Gasteiger partial charge in [-0.25, -0.2) is 19.9 Å². The summed E-state index contributed by atoms with van der Waals surface area (Å²) in [4.78, 5) is 17.4. The van der Waals surface area contributed by atoms with Gasteiger partial charge in [0.1, 0.15) is 5.52 Å². The van der Waals surface area contributed by atoms with Crippen LogP contribution < -0.4 is 0 Å². The van der Waals surface area contributed by atoms with Crippen LogP contribution in [0.4, 0.5) is 0 Å². The average molecular weight is 303 g/mol. The van der Waals surface area contributed by atoms with E-state index in [1.807, 2.05) is 37.4 Å². The van der Waals surface area contributed by atoms with E-state index in [9.17, 15) is 0 Å². The molecular weight excluding hydrogens is 292 g/mol. The number of nitrogens with zero attached hydrogens (tertiary/aromatic N) is 4. The average Bonchev–Trinajstić information content (AvgIpc) is 2.48. The fraction of sp³-hybridized carbons (Fsp3) is 0.143. The predicted octanol–water partition coefficient (Wildman–Crippen LogP) is 3.77. The van der Waals surface area contributed by atoms with E-state index in [1.165, 1.54) is 11.8 Å². The Morgan fingerprint density at radius 3 is 2.70 bits per heavy atom. The van der Waals surface area contributed by atoms with Gasteiger partial charge in [-0.1, -0.05) is 29.4 Å². The molecule has 3 aromatic rings. The highest BCUT2D eigenvalue weighted by Gasteiger charge is 2.09. The van der Waals surface area contributed by atoms with Crippen LogP contribution in [0.25, 0.3) is 22.3 Å². The van der Waals surface area contributed by atoms with Crippen LogP contribution in [0.3, 0.4) is 0 Å². The first-order valence-corrected chi connectivity index (χ1v) is 7.59. The van der Waals surface area contributed by atoms with E-state index < -0.39 is 0 Å². The lowest BCUT2D eigenvalue weighted by Gasteiger charge is -2.05. The van der Waals surface area contributed by atoms with E-state index in [0.717, 1.165) is 28.0 Å². The van der Waals surface area contributed by atoms with Gasteiger partial charge < -0.3 is 0 Å². The third-order valence-corrected chi connectivity index (χ3v) is 3.68. The molecule has 6 heteroatoms. The van der Waals surface area contributed by atoms with Crippen LogP contribution in [0.15, 0.2) is 35.6 Å². The molecule has 0 bridgehead atoms. The fourth-order valence-electron chi connectivity index (χ4n) is 1.90. The Bertz CT molecular complexity index is 791. The minimum Gasteiger partial charge on any atom is -0.250 e. The normalized spacial score (nSPS) is 10.9. The van der Waals surface area contributed by atoms with Gasteiger partial charge in [-0.15, -0.1) is 0 Å². The summed E-state index contributed by atoms with van der Waals surface area (Å²) in [5.41, 5.74) is 3.12.